The highest BCUT2D eigenvalue weighted by Crippen LogP contribution is 2.58. The van der Waals surface area contributed by atoms with Crippen LogP contribution in [-0.2, 0) is 57.5 Å². The number of likely N-dealkylation sites (tertiary alicyclic amines) is 2. The summed E-state index contributed by atoms with van der Waals surface area (Å²) in [5, 5.41) is 21.6. The highest BCUT2D eigenvalue weighted by atomic mass is 19.4. The fourth-order valence-electron chi connectivity index (χ4n) is 13.7. The van der Waals surface area contributed by atoms with E-state index in [4.69, 9.17) is 11.5 Å². The van der Waals surface area contributed by atoms with Gasteiger partial charge < -0.3 is 36.6 Å². The summed E-state index contributed by atoms with van der Waals surface area (Å²) >= 11 is 0. The van der Waals surface area contributed by atoms with Crippen molar-refractivity contribution in [3.8, 4) is 0 Å². The SMILES string of the molecule is Cc1c(C2CCN(C(=O)Cn3nc(C(=O)N4CCN(CC(N)=O)CC4)c4c3C[C@H]3C[C@@H]43)CC2)cccc1C(F)(F)F.Cc1c(C2CCN(C(=O)Cn3nc(C(=O)O)c4c3C[C@H]3C[C@@H]43)CC2)cccc1C(F)(F)F.NC(=O)CN1CCNCC1. The number of aromatic carboxylic acids is 1. The molecule has 4 saturated heterocycles. The number of piperidine rings is 2. The Labute approximate surface area is 476 Å². The normalized spacial score (nSPS) is 22.5. The number of carboxylic acid groups (broad SMARTS) is 1. The first-order valence-corrected chi connectivity index (χ1v) is 28.8. The molecule has 0 bridgehead atoms. The van der Waals surface area contributed by atoms with Gasteiger partial charge in [0.2, 0.25) is 23.6 Å². The van der Waals surface area contributed by atoms with Crippen LogP contribution in [0, 0.1) is 25.7 Å². The first-order chi connectivity index (χ1) is 39.4. The largest absolute Gasteiger partial charge is 0.476 e. The molecule has 4 atom stereocenters. The second kappa shape index (κ2) is 24.0. The lowest BCUT2D eigenvalue weighted by molar-refractivity contribution is -0.139. The molecule has 8 aliphatic rings. The minimum absolute atomic E-state index is 0.00229. The molecule has 2 aromatic carbocycles. The van der Waals surface area contributed by atoms with Gasteiger partial charge in [0.25, 0.3) is 5.91 Å². The Balaban J connectivity index is 0.000000162. The molecule has 4 aromatic rings. The summed E-state index contributed by atoms with van der Waals surface area (Å²) in [6, 6.07) is 8.65. The lowest BCUT2D eigenvalue weighted by Gasteiger charge is -2.33. The molecule has 0 spiro atoms. The number of nitrogens with zero attached hydrogens (tertiary/aromatic N) is 9. The van der Waals surface area contributed by atoms with Crippen LogP contribution >= 0.6 is 0 Å². The van der Waals surface area contributed by atoms with Gasteiger partial charge in [-0.05, 0) is 135 Å². The van der Waals surface area contributed by atoms with Crippen molar-refractivity contribution in [2.45, 2.75) is 114 Å². The van der Waals surface area contributed by atoms with E-state index in [0.717, 1.165) is 86.5 Å². The number of amides is 5. The molecule has 12 rings (SSSR count). The number of rotatable bonds is 12. The summed E-state index contributed by atoms with van der Waals surface area (Å²) in [5.74, 6) is -0.501. The maximum Gasteiger partial charge on any atom is 0.416 e. The number of fused-ring (bicyclic) bond motifs is 6. The van der Waals surface area contributed by atoms with Gasteiger partial charge in [-0.2, -0.15) is 36.5 Å². The second-order valence-electron chi connectivity index (χ2n) is 23.5. The van der Waals surface area contributed by atoms with E-state index in [-0.39, 0.29) is 83.7 Å². The van der Waals surface area contributed by atoms with Crippen LogP contribution in [0.1, 0.15) is 139 Å². The van der Waals surface area contributed by atoms with Crippen LogP contribution in [-0.4, -0.2) is 176 Å². The Morgan fingerprint density at radius 2 is 0.976 bits per heavy atom. The molecule has 6 N–H and O–H groups in total. The molecule has 4 aliphatic carbocycles. The standard InChI is InChI=1S/C29H35F3N6O3.C23H24F3N3O3.C6H13N3O/c1-17-20(3-2-4-22(17)29(30,31)32)18-5-7-36(8-6-18)25(40)16-38-23-14-19-13-21(19)26(23)27(34-38)28(41)37-11-9-35(10-12-37)15-24(33)39;1-12-15(3-2-4-17(12)23(24,25)26)13-5-7-28(8-6-13)19(30)11-29-18-10-14-9-16(14)20(18)21(27-29)22(31)32;7-6(10)5-9-3-1-8-2-4-9/h2-4,18-19,21H,5-16H2,1H3,(H2,33,39);2-4,13-14,16H,5-11H2,1H3,(H,31,32);8H,1-5H2,(H2,7,10)/t19-,21-;14-,16-;/m11./s1. The Morgan fingerprint density at radius 1 is 0.566 bits per heavy atom. The number of carbonyl (C=O) groups is 6. The average Bonchev–Trinajstić information content (AvgIpc) is 2.04. The zero-order valence-corrected chi connectivity index (χ0v) is 46.7. The number of halogens is 6. The number of nitrogens with two attached hydrogens (primary N) is 2. The van der Waals surface area contributed by atoms with Crippen molar-refractivity contribution < 1.29 is 60.2 Å². The Kier molecular flexibility index (Phi) is 17.2. The van der Waals surface area contributed by atoms with Gasteiger partial charge >= 0.3 is 18.3 Å². The molecule has 2 aromatic heterocycles. The van der Waals surface area contributed by atoms with Crippen molar-refractivity contribution in [3.63, 3.8) is 0 Å². The minimum atomic E-state index is -4.39. The molecule has 2 saturated carbocycles. The molecule has 6 heterocycles. The van der Waals surface area contributed by atoms with E-state index in [9.17, 15) is 60.2 Å². The number of hydrogen-bond donors (Lipinski definition) is 4. The number of aromatic nitrogens is 4. The van der Waals surface area contributed by atoms with Crippen LogP contribution in [0.25, 0.3) is 0 Å². The molecule has 83 heavy (non-hydrogen) atoms. The Hall–Kier alpha value is -6.86. The predicted molar refractivity (Wildman–Crippen MR) is 290 cm³/mol. The van der Waals surface area contributed by atoms with E-state index in [0.29, 0.717) is 119 Å². The van der Waals surface area contributed by atoms with Crippen LogP contribution in [0.3, 0.4) is 0 Å². The van der Waals surface area contributed by atoms with Gasteiger partial charge in [-0.15, -0.1) is 0 Å². The van der Waals surface area contributed by atoms with Crippen molar-refractivity contribution in [3.05, 3.63) is 104 Å². The van der Waals surface area contributed by atoms with E-state index >= 15 is 0 Å². The third kappa shape index (κ3) is 13.1. The van der Waals surface area contributed by atoms with Crippen molar-refractivity contribution in [1.29, 1.82) is 0 Å². The van der Waals surface area contributed by atoms with Crippen LogP contribution in [0.15, 0.2) is 36.4 Å². The third-order valence-electron chi connectivity index (χ3n) is 18.2. The summed E-state index contributed by atoms with van der Waals surface area (Å²) in [6.45, 7) is 11.4. The minimum Gasteiger partial charge on any atom is -0.476 e. The molecule has 448 valence electrons. The first-order valence-electron chi connectivity index (χ1n) is 28.8. The third-order valence-corrected chi connectivity index (χ3v) is 18.2. The molecular weight excluding hydrogens is 1090 g/mol. The first kappa shape index (κ1) is 59.3. The van der Waals surface area contributed by atoms with Crippen LogP contribution < -0.4 is 16.8 Å². The molecule has 6 fully saturated rings. The molecule has 5 amide bonds. The summed E-state index contributed by atoms with van der Waals surface area (Å²) in [4.78, 5) is 82.2. The number of piperazine rings is 2. The maximum atomic E-state index is 13.5. The highest BCUT2D eigenvalue weighted by molar-refractivity contribution is 5.95. The Morgan fingerprint density at radius 3 is 1.39 bits per heavy atom. The zero-order chi connectivity index (χ0) is 59.2. The van der Waals surface area contributed by atoms with Crippen LogP contribution in [0.2, 0.25) is 0 Å². The zero-order valence-electron chi connectivity index (χ0n) is 46.7. The van der Waals surface area contributed by atoms with Gasteiger partial charge in [-0.1, -0.05) is 24.3 Å². The number of benzene rings is 2. The van der Waals surface area contributed by atoms with E-state index in [1.165, 1.54) is 26.0 Å². The van der Waals surface area contributed by atoms with Crippen molar-refractivity contribution >= 4 is 35.5 Å². The van der Waals surface area contributed by atoms with Crippen molar-refractivity contribution in [1.82, 2.24) is 49.4 Å². The number of alkyl halides is 6. The Bertz CT molecular complexity index is 3130. The van der Waals surface area contributed by atoms with E-state index < -0.39 is 29.4 Å². The van der Waals surface area contributed by atoms with Crippen molar-refractivity contribution in [2.24, 2.45) is 23.3 Å². The summed E-state index contributed by atoms with van der Waals surface area (Å²) in [7, 11) is 0. The van der Waals surface area contributed by atoms with E-state index in [2.05, 4.69) is 20.4 Å². The number of primary amides is 2. The molecule has 4 aliphatic heterocycles. The molecule has 0 unspecified atom stereocenters. The second-order valence-corrected chi connectivity index (χ2v) is 23.5. The number of carboxylic acids is 1. The quantitative estimate of drug-likeness (QED) is 0.139. The number of nitrogens with one attached hydrogen (secondary N) is 1. The summed E-state index contributed by atoms with van der Waals surface area (Å²) < 4.78 is 83.2. The lowest BCUT2D eigenvalue weighted by atomic mass is 9.85. The smallest absolute Gasteiger partial charge is 0.416 e. The van der Waals surface area contributed by atoms with Gasteiger partial charge in [0, 0.05) is 101 Å². The fraction of sp³-hybridized carbons (Fsp3) is 0.586. The average molecular weight is 1160 g/mol. The van der Waals surface area contributed by atoms with E-state index in [1.54, 1.807) is 36.2 Å². The molecular formula is C58H72F6N12O7. The predicted octanol–water partition coefficient (Wildman–Crippen LogP) is 4.87. The topological polar surface area (TPSA) is 239 Å². The summed E-state index contributed by atoms with van der Waals surface area (Å²) in [6.07, 6.45) is -2.76. The fourth-order valence-corrected chi connectivity index (χ4v) is 13.7. The monoisotopic (exact) mass is 1160 g/mol. The molecule has 19 nitrogen and oxygen atoms in total. The summed E-state index contributed by atoms with van der Waals surface area (Å²) in [5.41, 5.74) is 15.2. The number of carbonyl (C=O) groups excluding carboxylic acids is 5. The van der Waals surface area contributed by atoms with Gasteiger partial charge in [0.15, 0.2) is 11.4 Å². The van der Waals surface area contributed by atoms with Gasteiger partial charge in [0.05, 0.1) is 24.2 Å². The van der Waals surface area contributed by atoms with Crippen molar-refractivity contribution in [2.75, 3.05) is 91.6 Å². The number of hydrogen-bond acceptors (Lipinski definition) is 11. The highest BCUT2D eigenvalue weighted by Gasteiger charge is 2.52. The van der Waals surface area contributed by atoms with Gasteiger partial charge in [0.1, 0.15) is 13.1 Å². The van der Waals surface area contributed by atoms with Crippen LogP contribution in [0.4, 0.5) is 26.3 Å². The molecule has 0 radical (unpaired) electrons. The molecule has 25 heteroatoms. The maximum absolute atomic E-state index is 13.5. The lowest BCUT2D eigenvalue weighted by Crippen LogP contribution is -2.50. The van der Waals surface area contributed by atoms with Gasteiger partial charge in [-0.25, -0.2) is 4.79 Å². The van der Waals surface area contributed by atoms with Crippen LogP contribution in [0.5, 0.6) is 0 Å². The van der Waals surface area contributed by atoms with E-state index in [1.807, 2.05) is 4.90 Å². The van der Waals surface area contributed by atoms with Gasteiger partial charge in [-0.3, -0.25) is 43.1 Å².